The summed E-state index contributed by atoms with van der Waals surface area (Å²) in [5.74, 6) is 0.358. The number of para-hydroxylation sites is 1. The van der Waals surface area contributed by atoms with Crippen LogP contribution in [0.1, 0.15) is 38.7 Å². The van der Waals surface area contributed by atoms with Gasteiger partial charge in [0.25, 0.3) is 0 Å². The number of amides is 1. The van der Waals surface area contributed by atoms with Crippen LogP contribution < -0.4 is 11.1 Å². The Labute approximate surface area is 138 Å². The molecule has 22 heavy (non-hydrogen) atoms. The van der Waals surface area contributed by atoms with Crippen LogP contribution in [0.4, 0.5) is 10.8 Å². The average molecular weight is 336 g/mol. The van der Waals surface area contributed by atoms with Crippen molar-refractivity contribution in [2.24, 2.45) is 0 Å². The maximum absolute atomic E-state index is 12.4. The SMILES string of the molecule is CC[C@H](C)c1ccccc1NC(=O)[C@H](C)Sc1nnc(N)s1. The summed E-state index contributed by atoms with van der Waals surface area (Å²) in [6, 6.07) is 7.94. The van der Waals surface area contributed by atoms with Crippen LogP contribution in [0.25, 0.3) is 0 Å². The molecular formula is C15H20N4OS2. The minimum absolute atomic E-state index is 0.0467. The van der Waals surface area contributed by atoms with Crippen molar-refractivity contribution in [3.63, 3.8) is 0 Å². The third-order valence-corrected chi connectivity index (χ3v) is 5.37. The highest BCUT2D eigenvalue weighted by atomic mass is 32.2. The Morgan fingerprint density at radius 1 is 1.36 bits per heavy atom. The van der Waals surface area contributed by atoms with E-state index >= 15 is 0 Å². The topological polar surface area (TPSA) is 80.9 Å². The van der Waals surface area contributed by atoms with Crippen molar-refractivity contribution in [3.05, 3.63) is 29.8 Å². The van der Waals surface area contributed by atoms with Crippen molar-refractivity contribution in [3.8, 4) is 0 Å². The summed E-state index contributed by atoms with van der Waals surface area (Å²) in [6.45, 7) is 6.15. The van der Waals surface area contributed by atoms with E-state index in [2.05, 4.69) is 35.4 Å². The first-order valence-electron chi connectivity index (χ1n) is 7.16. The lowest BCUT2D eigenvalue weighted by molar-refractivity contribution is -0.115. The maximum atomic E-state index is 12.4. The quantitative estimate of drug-likeness (QED) is 0.785. The normalized spacial score (nSPS) is 13.6. The van der Waals surface area contributed by atoms with Crippen LogP contribution in [-0.2, 0) is 4.79 Å². The molecule has 118 valence electrons. The van der Waals surface area contributed by atoms with Crippen LogP contribution in [-0.4, -0.2) is 21.4 Å². The number of aromatic nitrogens is 2. The lowest BCUT2D eigenvalue weighted by Gasteiger charge is -2.17. The predicted octanol–water partition coefficient (Wildman–Crippen LogP) is 3.75. The fraction of sp³-hybridized carbons (Fsp3) is 0.400. The summed E-state index contributed by atoms with van der Waals surface area (Å²) in [4.78, 5) is 12.4. The third-order valence-electron chi connectivity index (χ3n) is 3.43. The molecule has 1 aromatic heterocycles. The van der Waals surface area contributed by atoms with Crippen molar-refractivity contribution in [2.45, 2.75) is 42.7 Å². The van der Waals surface area contributed by atoms with E-state index in [9.17, 15) is 4.79 Å². The Kier molecular flexibility index (Phi) is 5.79. The standard InChI is InChI=1S/C15H20N4OS2/c1-4-9(2)11-7-5-6-8-12(11)17-13(20)10(3)21-15-19-18-14(16)22-15/h5-10H,4H2,1-3H3,(H2,16,18)(H,17,20)/t9-,10-/m0/s1. The smallest absolute Gasteiger partial charge is 0.237 e. The number of rotatable bonds is 6. The van der Waals surface area contributed by atoms with E-state index < -0.39 is 0 Å². The number of benzene rings is 1. The zero-order chi connectivity index (χ0) is 16.1. The first kappa shape index (κ1) is 16.8. The fourth-order valence-electron chi connectivity index (χ4n) is 1.97. The van der Waals surface area contributed by atoms with Crippen LogP contribution >= 0.6 is 23.1 Å². The molecule has 0 radical (unpaired) electrons. The first-order valence-corrected chi connectivity index (χ1v) is 8.86. The Bertz CT molecular complexity index is 644. The van der Waals surface area contributed by atoms with Crippen molar-refractivity contribution < 1.29 is 4.79 Å². The van der Waals surface area contributed by atoms with E-state index in [0.717, 1.165) is 17.7 Å². The van der Waals surface area contributed by atoms with E-state index in [4.69, 9.17) is 5.73 Å². The average Bonchev–Trinajstić information content (AvgIpc) is 2.92. The third kappa shape index (κ3) is 4.20. The van der Waals surface area contributed by atoms with Gasteiger partial charge in [0.15, 0.2) is 4.34 Å². The first-order chi connectivity index (χ1) is 10.5. The molecule has 0 fully saturated rings. The molecule has 2 rings (SSSR count). The Morgan fingerprint density at radius 3 is 2.73 bits per heavy atom. The molecule has 1 aromatic carbocycles. The lowest BCUT2D eigenvalue weighted by Crippen LogP contribution is -2.23. The number of hydrogen-bond donors (Lipinski definition) is 2. The molecule has 2 atom stereocenters. The molecule has 5 nitrogen and oxygen atoms in total. The van der Waals surface area contributed by atoms with Gasteiger partial charge < -0.3 is 11.1 Å². The largest absolute Gasteiger partial charge is 0.374 e. The highest BCUT2D eigenvalue weighted by molar-refractivity contribution is 8.02. The van der Waals surface area contributed by atoms with Gasteiger partial charge in [-0.25, -0.2) is 0 Å². The number of nitrogen functional groups attached to an aromatic ring is 1. The van der Waals surface area contributed by atoms with Crippen LogP contribution in [0.2, 0.25) is 0 Å². The Morgan fingerprint density at radius 2 is 2.09 bits per heavy atom. The van der Waals surface area contributed by atoms with Gasteiger partial charge in [0.1, 0.15) is 0 Å². The van der Waals surface area contributed by atoms with Gasteiger partial charge >= 0.3 is 0 Å². The van der Waals surface area contributed by atoms with Gasteiger partial charge in [-0.1, -0.05) is 55.1 Å². The summed E-state index contributed by atoms with van der Waals surface area (Å²) in [6.07, 6.45) is 1.03. The van der Waals surface area contributed by atoms with Crippen LogP contribution in [0.5, 0.6) is 0 Å². The number of thioether (sulfide) groups is 1. The van der Waals surface area contributed by atoms with E-state index in [1.165, 1.54) is 23.1 Å². The molecule has 0 saturated carbocycles. The Hall–Kier alpha value is -1.60. The van der Waals surface area contributed by atoms with Gasteiger partial charge in [-0.2, -0.15) is 0 Å². The van der Waals surface area contributed by atoms with Gasteiger partial charge in [0.2, 0.25) is 11.0 Å². The number of hydrogen-bond acceptors (Lipinski definition) is 6. The van der Waals surface area contributed by atoms with Crippen LogP contribution in [0.3, 0.4) is 0 Å². The van der Waals surface area contributed by atoms with Gasteiger partial charge in [-0.05, 0) is 30.9 Å². The minimum Gasteiger partial charge on any atom is -0.374 e. The zero-order valence-corrected chi connectivity index (χ0v) is 14.5. The Balaban J connectivity index is 2.05. The van der Waals surface area contributed by atoms with Crippen LogP contribution in [0.15, 0.2) is 28.6 Å². The van der Waals surface area contributed by atoms with Crippen LogP contribution in [0, 0.1) is 0 Å². The lowest BCUT2D eigenvalue weighted by atomic mass is 9.97. The summed E-state index contributed by atoms with van der Waals surface area (Å²) >= 11 is 2.65. The molecule has 1 heterocycles. The van der Waals surface area contributed by atoms with E-state index in [1.54, 1.807) is 0 Å². The van der Waals surface area contributed by atoms with E-state index in [0.29, 0.717) is 15.4 Å². The van der Waals surface area contributed by atoms with Gasteiger partial charge in [-0.3, -0.25) is 4.79 Å². The number of carbonyl (C=O) groups is 1. The summed E-state index contributed by atoms with van der Waals surface area (Å²) in [7, 11) is 0. The number of anilines is 2. The summed E-state index contributed by atoms with van der Waals surface area (Å²) in [5.41, 5.74) is 7.60. The molecule has 0 saturated heterocycles. The van der Waals surface area contributed by atoms with Gasteiger partial charge in [0.05, 0.1) is 5.25 Å². The summed E-state index contributed by atoms with van der Waals surface area (Å²) in [5, 5.41) is 10.9. The molecule has 2 aromatic rings. The van der Waals surface area contributed by atoms with Crippen molar-refractivity contribution in [1.29, 1.82) is 0 Å². The molecular weight excluding hydrogens is 316 g/mol. The minimum atomic E-state index is -0.266. The van der Waals surface area contributed by atoms with Gasteiger partial charge in [-0.15, -0.1) is 10.2 Å². The second-order valence-corrected chi connectivity index (χ2v) is 7.65. The van der Waals surface area contributed by atoms with Crippen molar-refractivity contribution >= 4 is 39.8 Å². The van der Waals surface area contributed by atoms with E-state index in [1.807, 2.05) is 25.1 Å². The zero-order valence-electron chi connectivity index (χ0n) is 12.9. The molecule has 0 aliphatic carbocycles. The summed E-state index contributed by atoms with van der Waals surface area (Å²) < 4.78 is 0.704. The molecule has 1 amide bonds. The van der Waals surface area contributed by atoms with E-state index in [-0.39, 0.29) is 11.2 Å². The maximum Gasteiger partial charge on any atom is 0.237 e. The molecule has 0 unspecified atom stereocenters. The second kappa shape index (κ2) is 7.60. The number of nitrogens with two attached hydrogens (primary N) is 1. The molecule has 0 aliphatic rings. The molecule has 3 N–H and O–H groups in total. The van der Waals surface area contributed by atoms with Gasteiger partial charge in [0, 0.05) is 5.69 Å². The highest BCUT2D eigenvalue weighted by Crippen LogP contribution is 2.30. The molecule has 0 bridgehead atoms. The van der Waals surface area contributed by atoms with Crippen molar-refractivity contribution in [1.82, 2.24) is 10.2 Å². The molecule has 7 heteroatoms. The number of nitrogens with zero attached hydrogens (tertiary/aromatic N) is 2. The second-order valence-electron chi connectivity index (χ2n) is 5.05. The predicted molar refractivity (Wildman–Crippen MR) is 93.4 cm³/mol. The highest BCUT2D eigenvalue weighted by Gasteiger charge is 2.18. The fourth-order valence-corrected chi connectivity index (χ4v) is 3.75. The molecule has 0 aliphatic heterocycles. The molecule has 0 spiro atoms. The number of carbonyl (C=O) groups excluding carboxylic acids is 1. The van der Waals surface area contributed by atoms with Crippen molar-refractivity contribution in [2.75, 3.05) is 11.1 Å². The monoisotopic (exact) mass is 336 g/mol. The number of nitrogens with one attached hydrogen (secondary N) is 1.